The third-order valence-electron chi connectivity index (χ3n) is 2.36. The first kappa shape index (κ1) is 13.5. The molecule has 2 aromatic rings. The summed E-state index contributed by atoms with van der Waals surface area (Å²) in [7, 11) is 0. The zero-order chi connectivity index (χ0) is 12.3. The molecule has 0 aliphatic rings. The van der Waals surface area contributed by atoms with Crippen LogP contribution in [0.25, 0.3) is 0 Å². The van der Waals surface area contributed by atoms with Gasteiger partial charge in [0, 0.05) is 6.54 Å². The zero-order valence-electron chi connectivity index (χ0n) is 10.7. The molecule has 0 aliphatic carbocycles. The minimum absolute atomic E-state index is 0.983. The summed E-state index contributed by atoms with van der Waals surface area (Å²) in [5.41, 5.74) is 2.67. The molecule has 0 radical (unpaired) electrons. The fourth-order valence-corrected chi connectivity index (χ4v) is 1.40. The van der Waals surface area contributed by atoms with Crippen LogP contribution in [0.2, 0.25) is 0 Å². The molecule has 17 heavy (non-hydrogen) atoms. The SMILES string of the molecule is CCNCc1ccccc1.Cc1ccccc1. The smallest absolute Gasteiger partial charge is 0.0205 e. The zero-order valence-corrected chi connectivity index (χ0v) is 10.7. The van der Waals surface area contributed by atoms with Crippen molar-refractivity contribution in [3.63, 3.8) is 0 Å². The van der Waals surface area contributed by atoms with Crippen LogP contribution in [0, 0.1) is 6.92 Å². The molecule has 0 unspecified atom stereocenters. The van der Waals surface area contributed by atoms with Gasteiger partial charge < -0.3 is 5.32 Å². The summed E-state index contributed by atoms with van der Waals surface area (Å²) in [6.45, 7) is 6.22. The Morgan fingerprint density at radius 2 is 1.35 bits per heavy atom. The maximum Gasteiger partial charge on any atom is 0.0205 e. The van der Waals surface area contributed by atoms with E-state index >= 15 is 0 Å². The van der Waals surface area contributed by atoms with E-state index in [1.54, 1.807) is 0 Å². The number of benzene rings is 2. The molecule has 1 N–H and O–H groups in total. The largest absolute Gasteiger partial charge is 0.313 e. The summed E-state index contributed by atoms with van der Waals surface area (Å²) in [5, 5.41) is 3.26. The molecular weight excluding hydrogens is 206 g/mol. The molecule has 0 fully saturated rings. The van der Waals surface area contributed by atoms with Gasteiger partial charge in [0.1, 0.15) is 0 Å². The highest BCUT2D eigenvalue weighted by Crippen LogP contribution is 1.96. The fraction of sp³-hybridized carbons (Fsp3) is 0.250. The molecule has 0 amide bonds. The van der Waals surface area contributed by atoms with Crippen molar-refractivity contribution in [2.45, 2.75) is 20.4 Å². The van der Waals surface area contributed by atoms with Crippen LogP contribution in [0.5, 0.6) is 0 Å². The Hall–Kier alpha value is -1.60. The Morgan fingerprint density at radius 3 is 1.76 bits per heavy atom. The fourth-order valence-electron chi connectivity index (χ4n) is 1.40. The van der Waals surface area contributed by atoms with E-state index in [9.17, 15) is 0 Å². The average Bonchev–Trinajstić information content (AvgIpc) is 2.39. The summed E-state index contributed by atoms with van der Waals surface area (Å²) in [6, 6.07) is 20.7. The lowest BCUT2D eigenvalue weighted by Gasteiger charge is -1.99. The summed E-state index contributed by atoms with van der Waals surface area (Å²) >= 11 is 0. The first-order chi connectivity index (χ1) is 8.33. The second kappa shape index (κ2) is 8.54. The van der Waals surface area contributed by atoms with E-state index in [0.717, 1.165) is 13.1 Å². The van der Waals surface area contributed by atoms with Gasteiger partial charge in [0.05, 0.1) is 0 Å². The average molecular weight is 227 g/mol. The highest BCUT2D eigenvalue weighted by Gasteiger charge is 1.85. The molecule has 0 saturated heterocycles. The summed E-state index contributed by atoms with van der Waals surface area (Å²) < 4.78 is 0. The lowest BCUT2D eigenvalue weighted by Crippen LogP contribution is -2.11. The van der Waals surface area contributed by atoms with Crippen LogP contribution in [-0.4, -0.2) is 6.54 Å². The van der Waals surface area contributed by atoms with E-state index in [0.29, 0.717) is 0 Å². The Balaban J connectivity index is 0.000000181. The number of hydrogen-bond acceptors (Lipinski definition) is 1. The van der Waals surface area contributed by atoms with E-state index in [1.807, 2.05) is 24.3 Å². The molecule has 0 spiro atoms. The molecule has 0 bridgehead atoms. The van der Waals surface area contributed by atoms with Crippen LogP contribution in [0.4, 0.5) is 0 Å². The molecule has 0 saturated carbocycles. The van der Waals surface area contributed by atoms with Crippen molar-refractivity contribution >= 4 is 0 Å². The maximum absolute atomic E-state index is 3.26. The van der Waals surface area contributed by atoms with Gasteiger partial charge in [-0.15, -0.1) is 0 Å². The van der Waals surface area contributed by atoms with Crippen molar-refractivity contribution in [2.75, 3.05) is 6.54 Å². The first-order valence-corrected chi connectivity index (χ1v) is 6.09. The first-order valence-electron chi connectivity index (χ1n) is 6.09. The minimum Gasteiger partial charge on any atom is -0.313 e. The standard InChI is InChI=1S/C9H13N.C7H8/c1-2-10-8-9-6-4-3-5-7-9;1-7-5-3-2-4-6-7/h3-7,10H,2,8H2,1H3;2-6H,1H3. The molecule has 1 nitrogen and oxygen atoms in total. The number of hydrogen-bond donors (Lipinski definition) is 1. The highest BCUT2D eigenvalue weighted by atomic mass is 14.8. The van der Waals surface area contributed by atoms with Gasteiger partial charge in [-0.05, 0) is 19.0 Å². The number of aryl methyl sites for hydroxylation is 1. The monoisotopic (exact) mass is 227 g/mol. The molecule has 90 valence electrons. The van der Waals surface area contributed by atoms with Crippen LogP contribution in [0.1, 0.15) is 18.1 Å². The van der Waals surface area contributed by atoms with Gasteiger partial charge in [0.15, 0.2) is 0 Å². The molecule has 0 heterocycles. The second-order valence-electron chi connectivity index (χ2n) is 3.92. The molecule has 2 aromatic carbocycles. The summed E-state index contributed by atoms with van der Waals surface area (Å²) in [6.07, 6.45) is 0. The number of nitrogens with one attached hydrogen (secondary N) is 1. The van der Waals surface area contributed by atoms with Crippen molar-refractivity contribution < 1.29 is 0 Å². The van der Waals surface area contributed by atoms with Gasteiger partial charge in [-0.25, -0.2) is 0 Å². The van der Waals surface area contributed by atoms with E-state index in [1.165, 1.54) is 11.1 Å². The predicted octanol–water partition coefficient (Wildman–Crippen LogP) is 3.79. The van der Waals surface area contributed by atoms with Crippen LogP contribution >= 0.6 is 0 Å². The van der Waals surface area contributed by atoms with Gasteiger partial charge in [-0.1, -0.05) is 73.2 Å². The normalized spacial score (nSPS) is 9.29. The quantitative estimate of drug-likeness (QED) is 0.841. The summed E-state index contributed by atoms with van der Waals surface area (Å²) in [4.78, 5) is 0. The molecule has 0 atom stereocenters. The van der Waals surface area contributed by atoms with Crippen molar-refractivity contribution in [1.82, 2.24) is 5.32 Å². The van der Waals surface area contributed by atoms with Crippen molar-refractivity contribution in [1.29, 1.82) is 0 Å². The molecular formula is C16H21N. The van der Waals surface area contributed by atoms with Crippen LogP contribution in [-0.2, 0) is 6.54 Å². The molecule has 2 rings (SSSR count). The van der Waals surface area contributed by atoms with Crippen LogP contribution in [0.3, 0.4) is 0 Å². The third-order valence-corrected chi connectivity index (χ3v) is 2.36. The molecule has 0 aliphatic heterocycles. The topological polar surface area (TPSA) is 12.0 Å². The lowest BCUT2D eigenvalue weighted by atomic mass is 10.2. The van der Waals surface area contributed by atoms with E-state index in [2.05, 4.69) is 55.6 Å². The number of rotatable bonds is 3. The van der Waals surface area contributed by atoms with Crippen molar-refractivity contribution in [3.05, 3.63) is 71.8 Å². The molecule has 0 aromatic heterocycles. The Kier molecular flexibility index (Phi) is 6.76. The predicted molar refractivity (Wildman–Crippen MR) is 75.0 cm³/mol. The van der Waals surface area contributed by atoms with Crippen LogP contribution < -0.4 is 5.32 Å². The Bertz CT molecular complexity index is 381. The van der Waals surface area contributed by atoms with E-state index in [4.69, 9.17) is 0 Å². The Labute approximate surface area is 105 Å². The lowest BCUT2D eigenvalue weighted by molar-refractivity contribution is 0.727. The van der Waals surface area contributed by atoms with Gasteiger partial charge >= 0.3 is 0 Å². The highest BCUT2D eigenvalue weighted by molar-refractivity contribution is 5.14. The van der Waals surface area contributed by atoms with Gasteiger partial charge in [0.25, 0.3) is 0 Å². The van der Waals surface area contributed by atoms with E-state index < -0.39 is 0 Å². The minimum atomic E-state index is 0.983. The summed E-state index contributed by atoms with van der Waals surface area (Å²) in [5.74, 6) is 0. The van der Waals surface area contributed by atoms with Crippen LogP contribution in [0.15, 0.2) is 60.7 Å². The molecule has 1 heteroatoms. The van der Waals surface area contributed by atoms with Crippen molar-refractivity contribution in [2.24, 2.45) is 0 Å². The van der Waals surface area contributed by atoms with Gasteiger partial charge in [-0.3, -0.25) is 0 Å². The van der Waals surface area contributed by atoms with Crippen molar-refractivity contribution in [3.8, 4) is 0 Å². The van der Waals surface area contributed by atoms with E-state index in [-0.39, 0.29) is 0 Å². The van der Waals surface area contributed by atoms with Gasteiger partial charge in [-0.2, -0.15) is 0 Å². The Morgan fingerprint density at radius 1 is 0.824 bits per heavy atom. The third kappa shape index (κ3) is 6.54. The second-order valence-corrected chi connectivity index (χ2v) is 3.92. The van der Waals surface area contributed by atoms with Gasteiger partial charge in [0.2, 0.25) is 0 Å². The maximum atomic E-state index is 3.26.